The van der Waals surface area contributed by atoms with Crippen molar-refractivity contribution >= 4 is 44.6 Å². The molecule has 0 atom stereocenters. The highest BCUT2D eigenvalue weighted by Crippen LogP contribution is 2.28. The van der Waals surface area contributed by atoms with E-state index in [-0.39, 0.29) is 11.9 Å². The molecule has 2 heterocycles. The molecule has 2 aromatic heterocycles. The molecule has 0 fully saturated rings. The summed E-state index contributed by atoms with van der Waals surface area (Å²) in [5, 5.41) is 1.13. The summed E-state index contributed by atoms with van der Waals surface area (Å²) in [4.78, 5) is 25.7. The van der Waals surface area contributed by atoms with Crippen molar-refractivity contribution in [1.82, 2.24) is 0 Å². The molecule has 1 aromatic carbocycles. The maximum atomic E-state index is 11.7. The second kappa shape index (κ2) is 19.3. The quantitative estimate of drug-likeness (QED) is 0.129. The number of hydrogen-bond donors (Lipinski definition) is 2. The monoisotopic (exact) mass is 586 g/mol. The number of aryl methyl sites for hydroxylation is 3. The Labute approximate surface area is 248 Å². The third kappa shape index (κ3) is 12.1. The lowest BCUT2D eigenvalue weighted by Gasteiger charge is -2.00. The molecule has 0 radical (unpaired) electrons. The number of rotatable bonds is 16. The van der Waals surface area contributed by atoms with Crippen molar-refractivity contribution in [3.63, 3.8) is 0 Å². The molecular weight excluding hydrogens is 540 g/mol. The molecule has 4 N–H and O–H groups in total. The first-order valence-electron chi connectivity index (χ1n) is 14.5. The van der Waals surface area contributed by atoms with Gasteiger partial charge in [0.15, 0.2) is 0 Å². The van der Waals surface area contributed by atoms with Crippen molar-refractivity contribution in [3.05, 3.63) is 68.9 Å². The van der Waals surface area contributed by atoms with Gasteiger partial charge in [0.1, 0.15) is 10.0 Å². The maximum Gasteiger partial charge on any atom is 0.341 e. The van der Waals surface area contributed by atoms with Gasteiger partial charge in [-0.05, 0) is 57.2 Å². The van der Waals surface area contributed by atoms with E-state index in [1.807, 2.05) is 37.3 Å². The third-order valence-corrected chi connectivity index (χ3v) is 8.44. The number of carbonyl (C=O) groups excluding carboxylic acids is 2. The fourth-order valence-electron chi connectivity index (χ4n) is 4.24. The van der Waals surface area contributed by atoms with Crippen LogP contribution in [-0.4, -0.2) is 25.2 Å². The Morgan fingerprint density at radius 1 is 0.650 bits per heavy atom. The predicted octanol–water partition coefficient (Wildman–Crippen LogP) is 8.48. The average molecular weight is 587 g/mol. The van der Waals surface area contributed by atoms with Crippen LogP contribution in [0.2, 0.25) is 0 Å². The van der Waals surface area contributed by atoms with Crippen LogP contribution in [0.4, 0.5) is 10.0 Å². The fraction of sp³-hybridized carbons (Fsp3) is 0.500. The van der Waals surface area contributed by atoms with E-state index in [0.29, 0.717) is 34.3 Å². The summed E-state index contributed by atoms with van der Waals surface area (Å²) < 4.78 is 9.97. The molecule has 0 spiro atoms. The van der Waals surface area contributed by atoms with Gasteiger partial charge in [0.25, 0.3) is 0 Å². The first kappa shape index (κ1) is 33.4. The standard InChI is InChI=1S/C17H29NO2S.C15H17NO2S/c1-3-5-6-7-8-9-10-11-12-14-13-15(16(18)21-14)17(19)20-4-2;1-2-18-15(17)13-10-12(19-14(13)16)9-8-11-6-4-3-5-7-11/h13H,3-12,18H2,1-2H3;3-7,10H,2,8-9,16H2,1H3. The molecule has 220 valence electrons. The maximum absolute atomic E-state index is 11.7. The highest BCUT2D eigenvalue weighted by atomic mass is 32.1. The van der Waals surface area contributed by atoms with Crippen molar-refractivity contribution in [2.75, 3.05) is 24.7 Å². The Morgan fingerprint density at radius 3 is 1.62 bits per heavy atom. The number of benzene rings is 1. The Kier molecular flexibility index (Phi) is 16.1. The molecule has 40 heavy (non-hydrogen) atoms. The predicted molar refractivity (Wildman–Crippen MR) is 170 cm³/mol. The molecule has 8 heteroatoms. The smallest absolute Gasteiger partial charge is 0.341 e. The van der Waals surface area contributed by atoms with E-state index in [4.69, 9.17) is 20.9 Å². The van der Waals surface area contributed by atoms with Gasteiger partial charge in [0.05, 0.1) is 24.3 Å². The fourth-order valence-corrected chi connectivity index (χ4v) is 6.12. The number of nitrogens with two attached hydrogens (primary N) is 2. The Morgan fingerprint density at radius 2 is 1.12 bits per heavy atom. The van der Waals surface area contributed by atoms with Gasteiger partial charge in [-0.25, -0.2) is 9.59 Å². The summed E-state index contributed by atoms with van der Waals surface area (Å²) in [6, 6.07) is 14.0. The molecule has 3 rings (SSSR count). The third-order valence-electron chi connectivity index (χ3n) is 6.39. The number of nitrogen functional groups attached to an aromatic ring is 2. The lowest BCUT2D eigenvalue weighted by atomic mass is 10.1. The van der Waals surface area contributed by atoms with E-state index >= 15 is 0 Å². The summed E-state index contributed by atoms with van der Waals surface area (Å²) in [5.74, 6) is -0.629. The summed E-state index contributed by atoms with van der Waals surface area (Å²) in [7, 11) is 0. The number of ether oxygens (including phenoxy) is 2. The normalized spacial score (nSPS) is 10.6. The van der Waals surface area contributed by atoms with Gasteiger partial charge in [0.2, 0.25) is 0 Å². The molecule has 0 bridgehead atoms. The molecule has 0 saturated carbocycles. The number of thiophene rings is 2. The van der Waals surface area contributed by atoms with Gasteiger partial charge in [-0.3, -0.25) is 0 Å². The summed E-state index contributed by atoms with van der Waals surface area (Å²) in [5.41, 5.74) is 14.1. The van der Waals surface area contributed by atoms with Gasteiger partial charge in [0, 0.05) is 9.75 Å². The van der Waals surface area contributed by atoms with Crippen molar-refractivity contribution < 1.29 is 19.1 Å². The van der Waals surface area contributed by atoms with Crippen LogP contribution in [0.15, 0.2) is 42.5 Å². The molecule has 0 saturated heterocycles. The minimum atomic E-state index is -0.331. The number of hydrogen-bond acceptors (Lipinski definition) is 8. The van der Waals surface area contributed by atoms with E-state index in [1.54, 1.807) is 6.92 Å². The zero-order valence-corrected chi connectivity index (χ0v) is 26.0. The number of carbonyl (C=O) groups is 2. The molecule has 6 nitrogen and oxygen atoms in total. The van der Waals surface area contributed by atoms with Crippen LogP contribution in [0.5, 0.6) is 0 Å². The average Bonchev–Trinajstić information content (AvgIpc) is 3.52. The van der Waals surface area contributed by atoms with Gasteiger partial charge in [-0.2, -0.15) is 0 Å². The number of anilines is 2. The van der Waals surface area contributed by atoms with Crippen LogP contribution in [0.1, 0.15) is 108 Å². The van der Waals surface area contributed by atoms with Crippen LogP contribution >= 0.6 is 22.7 Å². The Hall–Kier alpha value is -2.84. The number of unbranched alkanes of at least 4 members (excludes halogenated alkanes) is 7. The molecule has 0 aliphatic rings. The summed E-state index contributed by atoms with van der Waals surface area (Å²) >= 11 is 2.99. The summed E-state index contributed by atoms with van der Waals surface area (Å²) in [6.07, 6.45) is 13.4. The number of esters is 2. The van der Waals surface area contributed by atoms with Crippen LogP contribution in [-0.2, 0) is 28.7 Å². The second-order valence-electron chi connectivity index (χ2n) is 9.63. The second-order valence-corrected chi connectivity index (χ2v) is 12.0. The molecule has 0 amide bonds. The van der Waals surface area contributed by atoms with Gasteiger partial charge in [-0.15, -0.1) is 22.7 Å². The molecular formula is C32H46N2O4S2. The van der Waals surface area contributed by atoms with Crippen LogP contribution in [0.3, 0.4) is 0 Å². The zero-order valence-electron chi connectivity index (χ0n) is 24.3. The zero-order chi connectivity index (χ0) is 29.2. The van der Waals surface area contributed by atoms with Crippen LogP contribution in [0, 0.1) is 0 Å². The Bertz CT molecular complexity index is 1140. The minimum absolute atomic E-state index is 0.298. The van der Waals surface area contributed by atoms with E-state index in [2.05, 4.69) is 19.1 Å². The highest BCUT2D eigenvalue weighted by Gasteiger charge is 2.16. The van der Waals surface area contributed by atoms with Crippen molar-refractivity contribution in [2.45, 2.75) is 91.4 Å². The van der Waals surface area contributed by atoms with Crippen molar-refractivity contribution in [3.8, 4) is 0 Å². The first-order chi connectivity index (χ1) is 19.4. The van der Waals surface area contributed by atoms with Crippen LogP contribution < -0.4 is 11.5 Å². The van der Waals surface area contributed by atoms with E-state index in [0.717, 1.165) is 24.1 Å². The highest BCUT2D eigenvalue weighted by molar-refractivity contribution is 7.16. The molecule has 0 aliphatic heterocycles. The molecule has 3 aromatic rings. The van der Waals surface area contributed by atoms with Gasteiger partial charge >= 0.3 is 11.9 Å². The lowest BCUT2D eigenvalue weighted by Crippen LogP contribution is -2.05. The van der Waals surface area contributed by atoms with Crippen molar-refractivity contribution in [2.24, 2.45) is 0 Å². The van der Waals surface area contributed by atoms with Gasteiger partial charge < -0.3 is 20.9 Å². The van der Waals surface area contributed by atoms with Crippen molar-refractivity contribution in [1.29, 1.82) is 0 Å². The molecule has 0 unspecified atom stereocenters. The summed E-state index contributed by atoms with van der Waals surface area (Å²) in [6.45, 7) is 6.60. The SMILES string of the molecule is CCCCCCCCCCc1cc(C(=O)OCC)c(N)s1.CCOC(=O)c1cc(CCc2ccccc2)sc1N. The topological polar surface area (TPSA) is 105 Å². The Balaban J connectivity index is 0.000000281. The van der Waals surface area contributed by atoms with Gasteiger partial charge in [-0.1, -0.05) is 82.2 Å². The molecule has 0 aliphatic carbocycles. The van der Waals surface area contributed by atoms with E-state index in [9.17, 15) is 9.59 Å². The largest absolute Gasteiger partial charge is 0.462 e. The minimum Gasteiger partial charge on any atom is -0.462 e. The van der Waals surface area contributed by atoms with Crippen LogP contribution in [0.25, 0.3) is 0 Å². The first-order valence-corrected chi connectivity index (χ1v) is 16.2. The van der Waals surface area contributed by atoms with E-state index in [1.165, 1.54) is 84.5 Å². The van der Waals surface area contributed by atoms with E-state index < -0.39 is 0 Å². The lowest BCUT2D eigenvalue weighted by molar-refractivity contribution is 0.0518.